The molecular formula is C10H25ClN2O3S. The molecule has 0 aliphatic heterocycles. The number of rotatable bonds is 8. The van der Waals surface area contributed by atoms with Crippen molar-refractivity contribution in [2.45, 2.75) is 44.4 Å². The summed E-state index contributed by atoms with van der Waals surface area (Å²) in [6, 6.07) is 0. The third-order valence-corrected chi connectivity index (χ3v) is 4.95. The van der Waals surface area contributed by atoms with Gasteiger partial charge in [0.2, 0.25) is 10.0 Å². The van der Waals surface area contributed by atoms with Crippen molar-refractivity contribution in [3.63, 3.8) is 0 Å². The van der Waals surface area contributed by atoms with Crippen molar-refractivity contribution in [1.82, 2.24) is 4.72 Å². The monoisotopic (exact) mass is 288 g/mol. The van der Waals surface area contributed by atoms with E-state index >= 15 is 0 Å². The van der Waals surface area contributed by atoms with Gasteiger partial charge in [0.05, 0.1) is 11.9 Å². The molecule has 0 saturated heterocycles. The topological polar surface area (TPSA) is 81.4 Å². The maximum atomic E-state index is 12.0. The average molecular weight is 289 g/mol. The van der Waals surface area contributed by atoms with Gasteiger partial charge in [-0.15, -0.1) is 12.4 Å². The summed E-state index contributed by atoms with van der Waals surface area (Å²) < 4.78 is 31.5. The summed E-state index contributed by atoms with van der Waals surface area (Å²) in [7, 11) is -1.88. The van der Waals surface area contributed by atoms with Gasteiger partial charge in [0.25, 0.3) is 0 Å². The Hall–Kier alpha value is 0.120. The smallest absolute Gasteiger partial charge is 0.217 e. The molecule has 0 rings (SSSR count). The van der Waals surface area contributed by atoms with E-state index in [1.165, 1.54) is 7.11 Å². The standard InChI is InChI=1S/C10H24N2O3S.ClH/c1-5-10(6-2,8-11)12-16(13,14)9(3)7-15-4;/h9,12H,5-8,11H2,1-4H3;1H. The molecule has 1 atom stereocenters. The minimum atomic E-state index is -3.37. The molecule has 0 saturated carbocycles. The number of halogens is 1. The fourth-order valence-corrected chi connectivity index (χ4v) is 2.94. The molecule has 0 amide bonds. The van der Waals surface area contributed by atoms with Gasteiger partial charge in [0.15, 0.2) is 0 Å². The summed E-state index contributed by atoms with van der Waals surface area (Å²) in [6.45, 7) is 5.97. The van der Waals surface area contributed by atoms with Crippen molar-refractivity contribution < 1.29 is 13.2 Å². The third kappa shape index (κ3) is 5.52. The first-order chi connectivity index (χ1) is 7.37. The van der Waals surface area contributed by atoms with Crippen LogP contribution >= 0.6 is 12.4 Å². The van der Waals surface area contributed by atoms with Crippen molar-refractivity contribution in [3.8, 4) is 0 Å². The quantitative estimate of drug-likeness (QED) is 0.695. The van der Waals surface area contributed by atoms with E-state index in [9.17, 15) is 8.42 Å². The Morgan fingerprint density at radius 1 is 1.35 bits per heavy atom. The van der Waals surface area contributed by atoms with Crippen LogP contribution in [0.5, 0.6) is 0 Å². The molecule has 0 aliphatic carbocycles. The maximum Gasteiger partial charge on any atom is 0.217 e. The van der Waals surface area contributed by atoms with Crippen molar-refractivity contribution >= 4 is 22.4 Å². The Morgan fingerprint density at radius 2 is 1.82 bits per heavy atom. The van der Waals surface area contributed by atoms with Crippen molar-refractivity contribution in [1.29, 1.82) is 0 Å². The lowest BCUT2D eigenvalue weighted by Gasteiger charge is -2.32. The fraction of sp³-hybridized carbons (Fsp3) is 1.00. The van der Waals surface area contributed by atoms with Gasteiger partial charge in [-0.1, -0.05) is 13.8 Å². The molecule has 0 heterocycles. The zero-order valence-electron chi connectivity index (χ0n) is 11.0. The molecule has 0 aromatic carbocycles. The van der Waals surface area contributed by atoms with Crippen LogP contribution in [0.1, 0.15) is 33.6 Å². The molecule has 7 heteroatoms. The highest BCUT2D eigenvalue weighted by Gasteiger charge is 2.32. The van der Waals surface area contributed by atoms with E-state index < -0.39 is 20.8 Å². The van der Waals surface area contributed by atoms with Crippen molar-refractivity contribution in [2.24, 2.45) is 5.73 Å². The highest BCUT2D eigenvalue weighted by atomic mass is 35.5. The van der Waals surface area contributed by atoms with Gasteiger partial charge in [0.1, 0.15) is 0 Å². The van der Waals surface area contributed by atoms with E-state index in [1.807, 2.05) is 13.8 Å². The molecule has 5 nitrogen and oxygen atoms in total. The molecule has 0 aromatic heterocycles. The van der Waals surface area contributed by atoms with Crippen LogP contribution in [-0.2, 0) is 14.8 Å². The van der Waals surface area contributed by atoms with Crippen LogP contribution in [0.25, 0.3) is 0 Å². The predicted octanol–water partition coefficient (Wildman–Crippen LogP) is 0.880. The Bertz CT molecular complexity index is 284. The molecule has 0 bridgehead atoms. The zero-order valence-corrected chi connectivity index (χ0v) is 12.7. The highest BCUT2D eigenvalue weighted by Crippen LogP contribution is 2.16. The van der Waals surface area contributed by atoms with Crippen LogP contribution in [-0.4, -0.2) is 39.5 Å². The van der Waals surface area contributed by atoms with Gasteiger partial charge >= 0.3 is 0 Å². The number of nitrogens with two attached hydrogens (primary N) is 1. The van der Waals surface area contributed by atoms with Gasteiger partial charge in [-0.05, 0) is 19.8 Å². The van der Waals surface area contributed by atoms with Crippen LogP contribution < -0.4 is 10.5 Å². The summed E-state index contributed by atoms with van der Waals surface area (Å²) in [5, 5.41) is -0.568. The number of hydrogen-bond donors (Lipinski definition) is 2. The number of sulfonamides is 1. The summed E-state index contributed by atoms with van der Waals surface area (Å²) >= 11 is 0. The van der Waals surface area contributed by atoms with E-state index in [2.05, 4.69) is 4.72 Å². The number of ether oxygens (including phenoxy) is 1. The normalized spacial score (nSPS) is 14.2. The second-order valence-electron chi connectivity index (χ2n) is 4.10. The Morgan fingerprint density at radius 3 is 2.12 bits per heavy atom. The molecule has 1 unspecified atom stereocenters. The first-order valence-electron chi connectivity index (χ1n) is 5.59. The molecule has 0 spiro atoms. The first-order valence-corrected chi connectivity index (χ1v) is 7.14. The van der Waals surface area contributed by atoms with E-state index in [-0.39, 0.29) is 19.0 Å². The second kappa shape index (κ2) is 8.26. The van der Waals surface area contributed by atoms with Gasteiger partial charge < -0.3 is 10.5 Å². The lowest BCUT2D eigenvalue weighted by molar-refractivity contribution is 0.199. The van der Waals surface area contributed by atoms with E-state index in [0.29, 0.717) is 19.4 Å². The number of hydrogen-bond acceptors (Lipinski definition) is 4. The molecule has 0 fully saturated rings. The van der Waals surface area contributed by atoms with Gasteiger partial charge in [-0.2, -0.15) is 0 Å². The summed E-state index contributed by atoms with van der Waals surface area (Å²) in [4.78, 5) is 0. The van der Waals surface area contributed by atoms with E-state index in [1.54, 1.807) is 6.92 Å². The maximum absolute atomic E-state index is 12.0. The zero-order chi connectivity index (χ0) is 12.8. The lowest BCUT2D eigenvalue weighted by atomic mass is 9.95. The lowest BCUT2D eigenvalue weighted by Crippen LogP contribution is -2.55. The number of nitrogens with one attached hydrogen (secondary N) is 1. The summed E-state index contributed by atoms with van der Waals surface area (Å²) in [5.74, 6) is 0. The second-order valence-corrected chi connectivity index (χ2v) is 6.20. The predicted molar refractivity (Wildman–Crippen MR) is 73.0 cm³/mol. The summed E-state index contributed by atoms with van der Waals surface area (Å²) in [5.41, 5.74) is 5.12. The highest BCUT2D eigenvalue weighted by molar-refractivity contribution is 7.90. The van der Waals surface area contributed by atoms with Gasteiger partial charge in [-0.25, -0.2) is 13.1 Å². The molecule has 17 heavy (non-hydrogen) atoms. The molecule has 0 radical (unpaired) electrons. The SMILES string of the molecule is CCC(CC)(CN)NS(=O)(=O)C(C)COC.Cl. The van der Waals surface area contributed by atoms with Crippen LogP contribution in [0, 0.1) is 0 Å². The number of methoxy groups -OCH3 is 1. The van der Waals surface area contributed by atoms with E-state index in [4.69, 9.17) is 10.5 Å². The Labute approximate surface area is 111 Å². The van der Waals surface area contributed by atoms with Gasteiger partial charge in [0, 0.05) is 19.2 Å². The Balaban J connectivity index is 0. The summed E-state index contributed by atoms with van der Waals surface area (Å²) in [6.07, 6.45) is 1.36. The minimum Gasteiger partial charge on any atom is -0.383 e. The largest absolute Gasteiger partial charge is 0.383 e. The molecule has 106 valence electrons. The van der Waals surface area contributed by atoms with Crippen molar-refractivity contribution in [3.05, 3.63) is 0 Å². The third-order valence-electron chi connectivity index (χ3n) is 3.03. The fourth-order valence-electron chi connectivity index (χ4n) is 1.45. The molecule has 0 aliphatic rings. The minimum absolute atomic E-state index is 0. The van der Waals surface area contributed by atoms with Gasteiger partial charge in [-0.3, -0.25) is 0 Å². The van der Waals surface area contributed by atoms with Crippen molar-refractivity contribution in [2.75, 3.05) is 20.3 Å². The van der Waals surface area contributed by atoms with Crippen LogP contribution in [0.4, 0.5) is 0 Å². The molecular weight excluding hydrogens is 264 g/mol. The molecule has 0 aromatic rings. The van der Waals surface area contributed by atoms with Crippen LogP contribution in [0.3, 0.4) is 0 Å². The van der Waals surface area contributed by atoms with E-state index in [0.717, 1.165) is 0 Å². The van der Waals surface area contributed by atoms with Crippen LogP contribution in [0.15, 0.2) is 0 Å². The Kier molecular flexibility index (Phi) is 9.46. The molecule has 3 N–H and O–H groups in total. The van der Waals surface area contributed by atoms with Crippen LogP contribution in [0.2, 0.25) is 0 Å². The average Bonchev–Trinajstić information content (AvgIpc) is 2.26. The first kappa shape index (κ1) is 19.5.